The van der Waals surface area contributed by atoms with Crippen LogP contribution in [0.15, 0.2) is 4.99 Å². The summed E-state index contributed by atoms with van der Waals surface area (Å²) in [5.74, 6) is 1.08. The maximum Gasteiger partial charge on any atom is 0.193 e. The van der Waals surface area contributed by atoms with Crippen molar-refractivity contribution in [2.75, 3.05) is 53.5 Å². The molecule has 3 heterocycles. The Bertz CT molecular complexity index is 365. The van der Waals surface area contributed by atoms with Crippen molar-refractivity contribution in [1.82, 2.24) is 15.1 Å². The predicted octanol–water partition coefficient (Wildman–Crippen LogP) is 0.768. The van der Waals surface area contributed by atoms with E-state index in [1.165, 1.54) is 32.2 Å². The van der Waals surface area contributed by atoms with Crippen molar-refractivity contribution in [3.8, 4) is 0 Å². The van der Waals surface area contributed by atoms with Crippen LogP contribution in [0.2, 0.25) is 0 Å². The summed E-state index contributed by atoms with van der Waals surface area (Å²) in [5, 5.41) is 3.58. The Morgan fingerprint density at radius 3 is 2.95 bits per heavy atom. The molecule has 3 aliphatic rings. The first kappa shape index (κ1) is 14.1. The second-order valence-electron chi connectivity index (χ2n) is 6.68. The van der Waals surface area contributed by atoms with Gasteiger partial charge in [0.05, 0.1) is 6.61 Å². The molecule has 0 radical (unpaired) electrons. The van der Waals surface area contributed by atoms with Gasteiger partial charge < -0.3 is 19.9 Å². The Hall–Kier alpha value is -0.810. The van der Waals surface area contributed by atoms with Gasteiger partial charge in [-0.3, -0.25) is 4.99 Å². The van der Waals surface area contributed by atoms with Gasteiger partial charge in [0, 0.05) is 44.7 Å². The minimum atomic E-state index is 0.405. The molecule has 3 fully saturated rings. The number of hydrogen-bond acceptors (Lipinski definition) is 3. The van der Waals surface area contributed by atoms with Crippen molar-refractivity contribution in [3.63, 3.8) is 0 Å². The summed E-state index contributed by atoms with van der Waals surface area (Å²) in [6.45, 7) is 6.34. The van der Waals surface area contributed by atoms with Gasteiger partial charge in [-0.1, -0.05) is 0 Å². The lowest BCUT2D eigenvalue weighted by atomic mass is 9.87. The van der Waals surface area contributed by atoms with Gasteiger partial charge in [-0.2, -0.15) is 0 Å². The minimum Gasteiger partial charge on any atom is -0.381 e. The zero-order chi connectivity index (χ0) is 14.0. The van der Waals surface area contributed by atoms with E-state index in [1.807, 2.05) is 7.05 Å². The van der Waals surface area contributed by atoms with E-state index >= 15 is 0 Å². The molecule has 3 rings (SSSR count). The zero-order valence-corrected chi connectivity index (χ0v) is 12.9. The van der Waals surface area contributed by atoms with Crippen LogP contribution in [0.25, 0.3) is 0 Å². The number of nitrogens with one attached hydrogen (secondary N) is 1. The number of likely N-dealkylation sites (N-methyl/N-ethyl adjacent to an activating group) is 1. The molecular formula is C15H28N4O. The number of hydrogen-bond donors (Lipinski definition) is 1. The largest absolute Gasteiger partial charge is 0.381 e. The summed E-state index contributed by atoms with van der Waals surface area (Å²) in [5.41, 5.74) is 0.405. The summed E-state index contributed by atoms with van der Waals surface area (Å²) in [7, 11) is 4.12. The lowest BCUT2D eigenvalue weighted by molar-refractivity contribution is 0.156. The van der Waals surface area contributed by atoms with E-state index in [0.717, 1.165) is 38.8 Å². The van der Waals surface area contributed by atoms with E-state index in [2.05, 4.69) is 27.2 Å². The average molecular weight is 280 g/mol. The molecule has 1 spiro atoms. The molecule has 1 N–H and O–H groups in total. The third kappa shape index (κ3) is 2.79. The van der Waals surface area contributed by atoms with Crippen LogP contribution >= 0.6 is 0 Å². The highest BCUT2D eigenvalue weighted by Gasteiger charge is 2.42. The molecule has 5 heteroatoms. The Kier molecular flexibility index (Phi) is 4.17. The normalized spacial score (nSPS) is 35.4. The van der Waals surface area contributed by atoms with E-state index < -0.39 is 0 Å². The van der Waals surface area contributed by atoms with Crippen molar-refractivity contribution in [2.45, 2.75) is 31.7 Å². The minimum absolute atomic E-state index is 0.405. The van der Waals surface area contributed by atoms with Gasteiger partial charge in [0.2, 0.25) is 0 Å². The van der Waals surface area contributed by atoms with Crippen LogP contribution < -0.4 is 5.32 Å². The molecular weight excluding hydrogens is 252 g/mol. The van der Waals surface area contributed by atoms with Crippen molar-refractivity contribution >= 4 is 5.96 Å². The van der Waals surface area contributed by atoms with E-state index in [4.69, 9.17) is 4.74 Å². The molecule has 0 saturated carbocycles. The number of likely N-dealkylation sites (tertiary alicyclic amines) is 2. The smallest absolute Gasteiger partial charge is 0.193 e. The lowest BCUT2D eigenvalue weighted by Gasteiger charge is -2.27. The molecule has 20 heavy (non-hydrogen) atoms. The quantitative estimate of drug-likeness (QED) is 0.599. The monoisotopic (exact) mass is 280 g/mol. The molecule has 0 aromatic heterocycles. The Morgan fingerprint density at radius 2 is 2.30 bits per heavy atom. The number of ether oxygens (including phenoxy) is 1. The van der Waals surface area contributed by atoms with E-state index in [0.29, 0.717) is 11.5 Å². The summed E-state index contributed by atoms with van der Waals surface area (Å²) < 4.78 is 5.61. The fourth-order valence-corrected chi connectivity index (χ4v) is 3.87. The van der Waals surface area contributed by atoms with E-state index in [-0.39, 0.29) is 0 Å². The molecule has 0 amide bonds. The van der Waals surface area contributed by atoms with Gasteiger partial charge in [-0.25, -0.2) is 0 Å². The number of rotatable bonds is 2. The van der Waals surface area contributed by atoms with Crippen LogP contribution in [0.5, 0.6) is 0 Å². The molecule has 3 saturated heterocycles. The van der Waals surface area contributed by atoms with Crippen LogP contribution in [0, 0.1) is 5.41 Å². The van der Waals surface area contributed by atoms with Crippen LogP contribution in [0.4, 0.5) is 0 Å². The van der Waals surface area contributed by atoms with E-state index in [9.17, 15) is 0 Å². The van der Waals surface area contributed by atoms with Crippen molar-refractivity contribution in [3.05, 3.63) is 0 Å². The third-order valence-corrected chi connectivity index (χ3v) is 5.30. The highest BCUT2D eigenvalue weighted by atomic mass is 16.5. The van der Waals surface area contributed by atoms with Crippen LogP contribution in [-0.2, 0) is 4.74 Å². The number of guanidine groups is 1. The SMILES string of the molecule is CN=C(NCC1CCCN1C)N1CCC2(CCOC2)C1. The van der Waals surface area contributed by atoms with Gasteiger partial charge in [0.25, 0.3) is 0 Å². The Morgan fingerprint density at radius 1 is 1.40 bits per heavy atom. The topological polar surface area (TPSA) is 40.1 Å². The molecule has 0 aliphatic carbocycles. The molecule has 2 atom stereocenters. The Labute approximate surface area is 122 Å². The first-order valence-electron chi connectivity index (χ1n) is 7.96. The highest BCUT2D eigenvalue weighted by Crippen LogP contribution is 2.38. The van der Waals surface area contributed by atoms with Crippen LogP contribution in [0.1, 0.15) is 25.7 Å². The fraction of sp³-hybridized carbons (Fsp3) is 0.933. The van der Waals surface area contributed by atoms with Gasteiger partial charge >= 0.3 is 0 Å². The summed E-state index contributed by atoms with van der Waals surface area (Å²) >= 11 is 0. The lowest BCUT2D eigenvalue weighted by Crippen LogP contribution is -2.46. The van der Waals surface area contributed by atoms with Crippen LogP contribution in [0.3, 0.4) is 0 Å². The molecule has 5 nitrogen and oxygen atoms in total. The summed E-state index contributed by atoms with van der Waals surface area (Å²) in [4.78, 5) is 9.36. The first-order chi connectivity index (χ1) is 9.72. The molecule has 0 aromatic carbocycles. The second kappa shape index (κ2) is 5.90. The van der Waals surface area contributed by atoms with Crippen molar-refractivity contribution < 1.29 is 4.74 Å². The second-order valence-corrected chi connectivity index (χ2v) is 6.68. The molecule has 0 aromatic rings. The Balaban J connectivity index is 1.52. The molecule has 3 aliphatic heterocycles. The number of aliphatic imine (C=N–C) groups is 1. The van der Waals surface area contributed by atoms with Crippen LogP contribution in [-0.4, -0.2) is 75.3 Å². The third-order valence-electron chi connectivity index (χ3n) is 5.30. The molecule has 2 unspecified atom stereocenters. The average Bonchev–Trinajstić information content (AvgIpc) is 3.16. The predicted molar refractivity (Wildman–Crippen MR) is 81.1 cm³/mol. The van der Waals surface area contributed by atoms with E-state index in [1.54, 1.807) is 0 Å². The highest BCUT2D eigenvalue weighted by molar-refractivity contribution is 5.80. The van der Waals surface area contributed by atoms with Gasteiger partial charge in [0.1, 0.15) is 0 Å². The van der Waals surface area contributed by atoms with Crippen molar-refractivity contribution in [1.29, 1.82) is 0 Å². The van der Waals surface area contributed by atoms with Gasteiger partial charge in [-0.15, -0.1) is 0 Å². The number of nitrogens with zero attached hydrogens (tertiary/aromatic N) is 3. The summed E-state index contributed by atoms with van der Waals surface area (Å²) in [6.07, 6.45) is 5.09. The van der Waals surface area contributed by atoms with Crippen molar-refractivity contribution in [2.24, 2.45) is 10.4 Å². The standard InChI is InChI=1S/C15H28N4O/c1-16-14(17-10-13-4-3-7-18(13)2)19-8-5-15(11-19)6-9-20-12-15/h13H,3-12H2,1-2H3,(H,16,17). The zero-order valence-electron chi connectivity index (χ0n) is 12.9. The molecule has 114 valence electrons. The van der Waals surface area contributed by atoms with Gasteiger partial charge in [-0.05, 0) is 39.3 Å². The molecule has 0 bridgehead atoms. The maximum absolute atomic E-state index is 5.61. The first-order valence-corrected chi connectivity index (χ1v) is 7.96. The fourth-order valence-electron chi connectivity index (χ4n) is 3.87. The van der Waals surface area contributed by atoms with Gasteiger partial charge in [0.15, 0.2) is 5.96 Å². The summed E-state index contributed by atoms with van der Waals surface area (Å²) in [6, 6.07) is 0.665. The maximum atomic E-state index is 5.61.